The molecule has 0 radical (unpaired) electrons. The number of rotatable bonds is 6. The topological polar surface area (TPSA) is 123 Å². The molecule has 1 aliphatic carbocycles. The lowest BCUT2D eigenvalue weighted by Crippen LogP contribution is -2.33. The molecule has 10 heteroatoms. The number of thiophene rings is 1. The predicted octanol–water partition coefficient (Wildman–Crippen LogP) is 4.42. The number of nitrogens with one attached hydrogen (secondary N) is 2. The van der Waals surface area contributed by atoms with Gasteiger partial charge in [-0.05, 0) is 87.1 Å². The Balaban J connectivity index is 1.37. The molecule has 196 valence electrons. The maximum Gasteiger partial charge on any atom is 0.343 e. The van der Waals surface area contributed by atoms with E-state index in [9.17, 15) is 19.2 Å². The Morgan fingerprint density at radius 1 is 0.921 bits per heavy atom. The van der Waals surface area contributed by atoms with Crippen molar-refractivity contribution >= 4 is 45.8 Å². The summed E-state index contributed by atoms with van der Waals surface area (Å²) in [6.45, 7) is 3.55. The van der Waals surface area contributed by atoms with Crippen LogP contribution in [-0.4, -0.2) is 36.6 Å². The fraction of sp³-hybridized carbons (Fsp3) is 0.250. The molecule has 0 unspecified atom stereocenters. The number of methoxy groups -OCH3 is 1. The predicted molar refractivity (Wildman–Crippen MR) is 144 cm³/mol. The minimum Gasteiger partial charge on any atom is -0.465 e. The van der Waals surface area contributed by atoms with Crippen LogP contribution in [0, 0.1) is 6.92 Å². The van der Waals surface area contributed by atoms with Crippen molar-refractivity contribution < 1.29 is 28.7 Å². The highest BCUT2D eigenvalue weighted by Gasteiger charge is 2.28. The van der Waals surface area contributed by atoms with Crippen molar-refractivity contribution in [2.24, 2.45) is 5.10 Å². The van der Waals surface area contributed by atoms with Crippen LogP contribution in [0.15, 0.2) is 53.6 Å². The number of esters is 2. The zero-order valence-corrected chi connectivity index (χ0v) is 22.1. The average Bonchev–Trinajstić information content (AvgIpc) is 3.29. The van der Waals surface area contributed by atoms with Crippen LogP contribution in [0.4, 0.5) is 5.00 Å². The van der Waals surface area contributed by atoms with Crippen LogP contribution in [0.5, 0.6) is 5.75 Å². The van der Waals surface area contributed by atoms with Crippen molar-refractivity contribution in [3.05, 3.63) is 81.2 Å². The number of fused-ring (bicyclic) bond motifs is 1. The van der Waals surface area contributed by atoms with Crippen molar-refractivity contribution in [1.82, 2.24) is 5.43 Å². The van der Waals surface area contributed by atoms with Crippen LogP contribution in [0.2, 0.25) is 0 Å². The van der Waals surface area contributed by atoms with Crippen molar-refractivity contribution in [2.75, 3.05) is 12.4 Å². The summed E-state index contributed by atoms with van der Waals surface area (Å²) in [7, 11) is 1.28. The van der Waals surface area contributed by atoms with Gasteiger partial charge in [-0.25, -0.2) is 15.0 Å². The molecule has 0 spiro atoms. The second-order valence-corrected chi connectivity index (χ2v) is 9.89. The number of carbonyl (C=O) groups is 4. The van der Waals surface area contributed by atoms with E-state index in [1.165, 1.54) is 18.4 Å². The largest absolute Gasteiger partial charge is 0.465 e. The van der Waals surface area contributed by atoms with Crippen molar-refractivity contribution in [3.63, 3.8) is 0 Å². The standard InChI is InChI=1S/C28H27N3O6S/c1-16-7-6-8-19(15-16)27(34)37-20-13-11-18(12-14-20)17(2)30-31-25(33)24(32)29-26-23(28(35)36-3)21-9-4-5-10-22(21)38-26/h6-8,11-15H,4-5,9-10H2,1-3H3,(H,29,32)(H,31,33). The normalized spacial score (nSPS) is 12.8. The van der Waals surface area contributed by atoms with E-state index < -0.39 is 23.8 Å². The summed E-state index contributed by atoms with van der Waals surface area (Å²) in [5.74, 6) is -2.57. The number of nitrogens with zero attached hydrogens (tertiary/aromatic N) is 1. The number of amides is 2. The van der Waals surface area contributed by atoms with Crippen LogP contribution in [0.1, 0.15) is 62.0 Å². The van der Waals surface area contributed by atoms with E-state index in [1.54, 1.807) is 49.4 Å². The van der Waals surface area contributed by atoms with Crippen molar-refractivity contribution in [1.29, 1.82) is 0 Å². The van der Waals surface area contributed by atoms with E-state index in [-0.39, 0.29) is 0 Å². The maximum absolute atomic E-state index is 12.5. The van der Waals surface area contributed by atoms with Gasteiger partial charge in [-0.1, -0.05) is 17.7 Å². The van der Waals surface area contributed by atoms with Gasteiger partial charge in [0.15, 0.2) is 0 Å². The van der Waals surface area contributed by atoms with Crippen LogP contribution in [0.25, 0.3) is 0 Å². The molecule has 0 saturated carbocycles. The molecular formula is C28H27N3O6S. The molecule has 3 aromatic rings. The van der Waals surface area contributed by atoms with E-state index in [0.29, 0.717) is 33.2 Å². The maximum atomic E-state index is 12.5. The number of carbonyl (C=O) groups excluding carboxylic acids is 4. The minimum absolute atomic E-state index is 0.306. The van der Waals surface area contributed by atoms with Crippen molar-refractivity contribution in [3.8, 4) is 5.75 Å². The molecule has 9 nitrogen and oxygen atoms in total. The van der Waals surface area contributed by atoms with E-state index in [0.717, 1.165) is 41.7 Å². The van der Waals surface area contributed by atoms with Crippen LogP contribution in [-0.2, 0) is 27.2 Å². The summed E-state index contributed by atoms with van der Waals surface area (Å²) in [6, 6.07) is 13.7. The number of hydrogen-bond donors (Lipinski definition) is 2. The zero-order valence-electron chi connectivity index (χ0n) is 21.3. The molecule has 1 heterocycles. The zero-order chi connectivity index (χ0) is 27.2. The molecule has 2 N–H and O–H groups in total. The molecule has 4 rings (SSSR count). The third-order valence-corrected chi connectivity index (χ3v) is 7.26. The lowest BCUT2D eigenvalue weighted by atomic mass is 9.95. The van der Waals surface area contributed by atoms with Gasteiger partial charge in [-0.2, -0.15) is 5.10 Å². The van der Waals surface area contributed by atoms with Crippen LogP contribution >= 0.6 is 11.3 Å². The Morgan fingerprint density at radius 3 is 2.37 bits per heavy atom. The van der Waals surface area contributed by atoms with Gasteiger partial charge in [-0.15, -0.1) is 11.3 Å². The van der Waals surface area contributed by atoms with Gasteiger partial charge >= 0.3 is 23.8 Å². The van der Waals surface area contributed by atoms with Crippen molar-refractivity contribution in [2.45, 2.75) is 39.5 Å². The molecule has 0 aliphatic heterocycles. The lowest BCUT2D eigenvalue weighted by molar-refractivity contribution is -0.136. The van der Waals surface area contributed by atoms with Gasteiger partial charge < -0.3 is 14.8 Å². The highest BCUT2D eigenvalue weighted by molar-refractivity contribution is 7.17. The third-order valence-electron chi connectivity index (χ3n) is 6.06. The molecule has 2 aromatic carbocycles. The number of anilines is 1. The van der Waals surface area contributed by atoms with Gasteiger partial charge in [0.05, 0.1) is 23.9 Å². The number of aryl methyl sites for hydroxylation is 2. The first-order valence-corrected chi connectivity index (χ1v) is 12.9. The minimum atomic E-state index is -0.977. The molecule has 1 aliphatic rings. The molecule has 0 bridgehead atoms. The molecule has 38 heavy (non-hydrogen) atoms. The summed E-state index contributed by atoms with van der Waals surface area (Å²) in [4.78, 5) is 50.6. The van der Waals surface area contributed by atoms with E-state index in [4.69, 9.17) is 9.47 Å². The Kier molecular flexibility index (Phi) is 8.32. The summed E-state index contributed by atoms with van der Waals surface area (Å²) in [6.07, 6.45) is 3.50. The van der Waals surface area contributed by atoms with E-state index in [2.05, 4.69) is 15.8 Å². The Hall–Kier alpha value is -4.31. The first kappa shape index (κ1) is 26.7. The third kappa shape index (κ3) is 6.15. The highest BCUT2D eigenvalue weighted by Crippen LogP contribution is 2.38. The van der Waals surface area contributed by atoms with Crippen LogP contribution in [0.3, 0.4) is 0 Å². The second-order valence-electron chi connectivity index (χ2n) is 8.78. The first-order valence-electron chi connectivity index (χ1n) is 12.0. The Morgan fingerprint density at radius 2 is 1.66 bits per heavy atom. The molecule has 1 aromatic heterocycles. The quantitative estimate of drug-likeness (QED) is 0.159. The van der Waals surface area contributed by atoms with Gasteiger partial charge in [0.1, 0.15) is 10.8 Å². The number of benzene rings is 2. The van der Waals surface area contributed by atoms with Gasteiger partial charge in [0.25, 0.3) is 0 Å². The Bertz CT molecular complexity index is 1420. The number of ether oxygens (including phenoxy) is 2. The molecule has 2 amide bonds. The van der Waals surface area contributed by atoms with E-state index in [1.807, 2.05) is 13.0 Å². The number of hydrazone groups is 1. The summed E-state index contributed by atoms with van der Waals surface area (Å²) in [5.41, 5.74) is 5.93. The molecule has 0 saturated heterocycles. The van der Waals surface area contributed by atoms with Gasteiger partial charge in [0.2, 0.25) is 0 Å². The SMILES string of the molecule is COC(=O)c1c(NC(=O)C(=O)NN=C(C)c2ccc(OC(=O)c3cccc(C)c3)cc2)sc2c1CCCC2. The highest BCUT2D eigenvalue weighted by atomic mass is 32.1. The first-order chi connectivity index (χ1) is 18.3. The second kappa shape index (κ2) is 11.8. The Labute approximate surface area is 223 Å². The van der Waals surface area contributed by atoms with Crippen LogP contribution < -0.4 is 15.5 Å². The average molecular weight is 534 g/mol. The lowest BCUT2D eigenvalue weighted by Gasteiger charge is -2.11. The monoisotopic (exact) mass is 533 g/mol. The summed E-state index contributed by atoms with van der Waals surface area (Å²) < 4.78 is 10.3. The number of hydrogen-bond acceptors (Lipinski definition) is 8. The summed E-state index contributed by atoms with van der Waals surface area (Å²) in [5, 5.41) is 6.85. The fourth-order valence-corrected chi connectivity index (χ4v) is 5.36. The molecule has 0 atom stereocenters. The van der Waals surface area contributed by atoms with Gasteiger partial charge in [-0.3, -0.25) is 9.59 Å². The van der Waals surface area contributed by atoms with Gasteiger partial charge in [0, 0.05) is 4.88 Å². The van der Waals surface area contributed by atoms with E-state index >= 15 is 0 Å². The molecule has 0 fully saturated rings. The fourth-order valence-electron chi connectivity index (χ4n) is 4.08. The summed E-state index contributed by atoms with van der Waals surface area (Å²) >= 11 is 1.29. The molecular weight excluding hydrogens is 506 g/mol. The smallest absolute Gasteiger partial charge is 0.343 e.